The molecule has 2 nitrogen and oxygen atoms in total. The van der Waals surface area contributed by atoms with Crippen molar-refractivity contribution in [2.45, 2.75) is 13.0 Å². The van der Waals surface area contributed by atoms with Crippen LogP contribution in [0.1, 0.15) is 18.5 Å². The Morgan fingerprint density at radius 1 is 1.11 bits per heavy atom. The van der Waals surface area contributed by atoms with Crippen molar-refractivity contribution in [3.05, 3.63) is 58.1 Å². The Bertz CT molecular complexity index is 602. The number of rotatable bonds is 3. The van der Waals surface area contributed by atoms with Crippen molar-refractivity contribution >= 4 is 15.9 Å². The number of halogens is 3. The van der Waals surface area contributed by atoms with Gasteiger partial charge in [0.05, 0.1) is 4.47 Å². The number of nitrogens with two attached hydrogens (primary N) is 1. The molecule has 19 heavy (non-hydrogen) atoms. The molecule has 5 heteroatoms. The molecule has 1 atom stereocenters. The largest absolute Gasteiger partial charge is 0.454 e. The van der Waals surface area contributed by atoms with Gasteiger partial charge in [-0.15, -0.1) is 0 Å². The smallest absolute Gasteiger partial charge is 0.166 e. The van der Waals surface area contributed by atoms with Gasteiger partial charge in [-0.3, -0.25) is 0 Å². The zero-order valence-electron chi connectivity index (χ0n) is 10.2. The molecule has 0 aliphatic carbocycles. The van der Waals surface area contributed by atoms with E-state index in [2.05, 4.69) is 15.9 Å². The van der Waals surface area contributed by atoms with Gasteiger partial charge in [0.25, 0.3) is 0 Å². The molecule has 0 aliphatic heterocycles. The molecule has 0 bridgehead atoms. The molecule has 2 rings (SSSR count). The quantitative estimate of drug-likeness (QED) is 0.898. The maximum atomic E-state index is 13.8. The number of hydrogen-bond donors (Lipinski definition) is 1. The summed E-state index contributed by atoms with van der Waals surface area (Å²) in [5, 5.41) is 0. The fraction of sp³-hybridized carbons (Fsp3) is 0.143. The summed E-state index contributed by atoms with van der Waals surface area (Å²) in [6, 6.07) is 8.40. The van der Waals surface area contributed by atoms with Crippen LogP contribution >= 0.6 is 15.9 Å². The first-order valence-corrected chi connectivity index (χ1v) is 6.44. The average Bonchev–Trinajstić information content (AvgIpc) is 2.36. The van der Waals surface area contributed by atoms with Crippen molar-refractivity contribution in [2.24, 2.45) is 5.73 Å². The van der Waals surface area contributed by atoms with Crippen molar-refractivity contribution in [3.8, 4) is 11.5 Å². The van der Waals surface area contributed by atoms with Crippen LogP contribution in [0.2, 0.25) is 0 Å². The molecule has 2 aromatic rings. The lowest BCUT2D eigenvalue weighted by molar-refractivity contribution is 0.439. The molecule has 0 spiro atoms. The van der Waals surface area contributed by atoms with Crippen LogP contribution in [0.5, 0.6) is 11.5 Å². The van der Waals surface area contributed by atoms with Gasteiger partial charge in [0, 0.05) is 6.04 Å². The summed E-state index contributed by atoms with van der Waals surface area (Å²) in [6.45, 7) is 1.77. The molecule has 0 saturated carbocycles. The third kappa shape index (κ3) is 3.30. The maximum absolute atomic E-state index is 13.8. The number of ether oxygens (including phenoxy) is 1. The first-order chi connectivity index (χ1) is 8.97. The second-order valence-electron chi connectivity index (χ2n) is 4.16. The van der Waals surface area contributed by atoms with E-state index in [9.17, 15) is 8.78 Å². The summed E-state index contributed by atoms with van der Waals surface area (Å²) in [4.78, 5) is 0. The Morgan fingerprint density at radius 2 is 1.84 bits per heavy atom. The van der Waals surface area contributed by atoms with Gasteiger partial charge >= 0.3 is 0 Å². The Hall–Kier alpha value is -1.46. The molecule has 0 heterocycles. The van der Waals surface area contributed by atoms with E-state index >= 15 is 0 Å². The molecule has 0 fully saturated rings. The lowest BCUT2D eigenvalue weighted by Gasteiger charge is -2.10. The fourth-order valence-electron chi connectivity index (χ4n) is 1.55. The third-order valence-corrected chi connectivity index (χ3v) is 3.21. The van der Waals surface area contributed by atoms with Gasteiger partial charge in [0.1, 0.15) is 11.6 Å². The van der Waals surface area contributed by atoms with E-state index in [4.69, 9.17) is 10.5 Å². The van der Waals surface area contributed by atoms with Crippen LogP contribution in [0.25, 0.3) is 0 Å². The normalized spacial score (nSPS) is 12.3. The summed E-state index contributed by atoms with van der Waals surface area (Å²) in [6.07, 6.45) is 0. The van der Waals surface area contributed by atoms with E-state index in [0.29, 0.717) is 11.3 Å². The predicted molar refractivity (Wildman–Crippen MR) is 73.2 cm³/mol. The zero-order chi connectivity index (χ0) is 14.0. The predicted octanol–water partition coefficient (Wildman–Crippen LogP) is 4.54. The Kier molecular flexibility index (Phi) is 4.17. The van der Waals surface area contributed by atoms with Crippen LogP contribution in [0.4, 0.5) is 8.78 Å². The van der Waals surface area contributed by atoms with E-state index in [1.54, 1.807) is 13.0 Å². The monoisotopic (exact) mass is 327 g/mol. The SMILES string of the molecule is C[C@H](N)c1ccc(Oc2ccc(F)c(Br)c2)c(F)c1. The highest BCUT2D eigenvalue weighted by Gasteiger charge is 2.09. The fourth-order valence-corrected chi connectivity index (χ4v) is 1.91. The minimum atomic E-state index is -0.504. The van der Waals surface area contributed by atoms with Crippen molar-refractivity contribution in [2.75, 3.05) is 0 Å². The van der Waals surface area contributed by atoms with E-state index in [-0.39, 0.29) is 16.3 Å². The van der Waals surface area contributed by atoms with E-state index in [1.165, 1.54) is 30.3 Å². The van der Waals surface area contributed by atoms with E-state index < -0.39 is 11.6 Å². The minimum absolute atomic E-state index is 0.0721. The van der Waals surface area contributed by atoms with Gasteiger partial charge in [-0.25, -0.2) is 8.78 Å². The highest BCUT2D eigenvalue weighted by molar-refractivity contribution is 9.10. The molecule has 2 N–H and O–H groups in total. The molecule has 0 aromatic heterocycles. The lowest BCUT2D eigenvalue weighted by Crippen LogP contribution is -2.05. The Labute approximate surface area is 118 Å². The molecule has 100 valence electrons. The van der Waals surface area contributed by atoms with Gasteiger partial charge in [-0.1, -0.05) is 6.07 Å². The molecule has 0 saturated heterocycles. The van der Waals surface area contributed by atoms with Gasteiger partial charge in [0.2, 0.25) is 0 Å². The van der Waals surface area contributed by atoms with Crippen molar-refractivity contribution in [3.63, 3.8) is 0 Å². The molecule has 0 amide bonds. The van der Waals surface area contributed by atoms with Gasteiger partial charge in [0.15, 0.2) is 11.6 Å². The molecular weight excluding hydrogens is 316 g/mol. The van der Waals surface area contributed by atoms with Gasteiger partial charge in [-0.05, 0) is 58.7 Å². The number of hydrogen-bond acceptors (Lipinski definition) is 2. The molecule has 0 aliphatic rings. The molecular formula is C14H12BrF2NO. The summed E-state index contributed by atoms with van der Waals surface area (Å²) in [7, 11) is 0. The van der Waals surface area contributed by atoms with Crippen molar-refractivity contribution in [1.82, 2.24) is 0 Å². The van der Waals surface area contributed by atoms with Crippen LogP contribution in [-0.2, 0) is 0 Å². The van der Waals surface area contributed by atoms with Crippen molar-refractivity contribution < 1.29 is 13.5 Å². The Morgan fingerprint density at radius 3 is 2.42 bits per heavy atom. The van der Waals surface area contributed by atoms with Crippen molar-refractivity contribution in [1.29, 1.82) is 0 Å². The molecule has 0 unspecified atom stereocenters. The summed E-state index contributed by atoms with van der Waals surface area (Å²) in [5.74, 6) is -0.487. The first kappa shape index (κ1) is 14.0. The molecule has 2 aromatic carbocycles. The molecule has 0 radical (unpaired) electrons. The highest BCUT2D eigenvalue weighted by atomic mass is 79.9. The van der Waals surface area contributed by atoms with Crippen LogP contribution in [0.3, 0.4) is 0 Å². The van der Waals surface area contributed by atoms with E-state index in [0.717, 1.165) is 0 Å². The first-order valence-electron chi connectivity index (χ1n) is 5.65. The summed E-state index contributed by atoms with van der Waals surface area (Å²) >= 11 is 3.04. The maximum Gasteiger partial charge on any atom is 0.166 e. The average molecular weight is 328 g/mol. The topological polar surface area (TPSA) is 35.2 Å². The van der Waals surface area contributed by atoms with E-state index in [1.807, 2.05) is 0 Å². The van der Waals surface area contributed by atoms with Crippen LogP contribution in [-0.4, -0.2) is 0 Å². The third-order valence-electron chi connectivity index (χ3n) is 2.60. The van der Waals surface area contributed by atoms with Gasteiger partial charge in [-0.2, -0.15) is 0 Å². The van der Waals surface area contributed by atoms with Crippen LogP contribution in [0.15, 0.2) is 40.9 Å². The lowest BCUT2D eigenvalue weighted by atomic mass is 10.1. The summed E-state index contributed by atoms with van der Waals surface area (Å²) < 4.78 is 32.5. The van der Waals surface area contributed by atoms with Crippen LogP contribution in [0, 0.1) is 11.6 Å². The number of benzene rings is 2. The second kappa shape index (κ2) is 5.67. The zero-order valence-corrected chi connectivity index (χ0v) is 11.7. The summed E-state index contributed by atoms with van der Waals surface area (Å²) in [5.41, 5.74) is 6.35. The minimum Gasteiger partial charge on any atom is -0.454 e. The standard InChI is InChI=1S/C14H12BrF2NO/c1-8(18)9-2-5-14(13(17)6-9)19-10-3-4-12(16)11(15)7-10/h2-8H,18H2,1H3/t8-/m0/s1. The second-order valence-corrected chi connectivity index (χ2v) is 5.01. The highest BCUT2D eigenvalue weighted by Crippen LogP contribution is 2.29. The van der Waals surface area contributed by atoms with Crippen LogP contribution < -0.4 is 10.5 Å². The Balaban J connectivity index is 2.25. The van der Waals surface area contributed by atoms with Gasteiger partial charge < -0.3 is 10.5 Å².